The van der Waals surface area contributed by atoms with E-state index >= 15 is 0 Å². The fourth-order valence-corrected chi connectivity index (χ4v) is 17.1. The maximum atomic E-state index is 13.7. The van der Waals surface area contributed by atoms with Crippen molar-refractivity contribution in [3.8, 4) is 11.5 Å². The summed E-state index contributed by atoms with van der Waals surface area (Å²) in [7, 11) is -4.93. The lowest BCUT2D eigenvalue weighted by molar-refractivity contribution is -0.155. The third kappa shape index (κ3) is 22.7. The molecule has 22 heteroatoms. The number of sulfonamides is 2. The number of ether oxygens (including phenoxy) is 4. The number of rotatable bonds is 14. The number of benzene rings is 4. The van der Waals surface area contributed by atoms with Gasteiger partial charge in [-0.1, -0.05) is 85.9 Å². The molecule has 0 unspecified atom stereocenters. The lowest BCUT2D eigenvalue weighted by atomic mass is 9.94. The van der Waals surface area contributed by atoms with Gasteiger partial charge < -0.3 is 18.9 Å². The monoisotopic (exact) mass is 1430 g/mol. The van der Waals surface area contributed by atoms with Gasteiger partial charge in [-0.15, -0.1) is 0 Å². The Hall–Kier alpha value is -3.21. The van der Waals surface area contributed by atoms with Crippen LogP contribution < -0.4 is 14.2 Å². The molecule has 0 bridgehead atoms. The van der Waals surface area contributed by atoms with Gasteiger partial charge in [0.15, 0.2) is 7.51 Å². The van der Waals surface area contributed by atoms with Crippen molar-refractivity contribution in [1.82, 2.24) is 23.0 Å². The normalized spacial score (nSPS) is 16.8. The Balaban J connectivity index is 0.000000261. The zero-order valence-electron chi connectivity index (χ0n) is 53.8. The fourth-order valence-electron chi connectivity index (χ4n) is 9.61. The molecule has 4 aromatic rings. The number of alkyl halides is 1. The molecule has 3 aliphatic rings. The minimum absolute atomic E-state index is 0.0101. The zero-order valence-corrected chi connectivity index (χ0v) is 61.1. The molecule has 1 fully saturated rings. The fraction of sp³-hybridized carbons (Fsp3) is 0.587. The molecule has 16 nitrogen and oxygen atoms in total. The lowest BCUT2D eigenvalue weighted by Crippen LogP contribution is -2.43. The van der Waals surface area contributed by atoms with Crippen molar-refractivity contribution in [1.29, 1.82) is 0 Å². The molecule has 0 saturated carbocycles. The Bertz CT molecular complexity index is 3210. The van der Waals surface area contributed by atoms with Crippen LogP contribution in [0.1, 0.15) is 156 Å². The molecule has 0 amide bonds. The molecule has 0 spiro atoms. The highest BCUT2D eigenvalue weighted by atomic mass is 79.9. The standard InChI is InChI=1S/C25H32BrNO5S.C17H25NO5S.C13H31N4P.C8H8Br2/c1-17-13-18(7-9-21(17)26)15-27(16-23(28)32-24(2,3)4)33(29,30)20-8-10-22-19(14-20)11-12-25(5,6)31-22;1-16(2,3)23-15(19)11-18-24(20,21)13-6-7-14-12(10-13)8-9-17(4,5)22-14;1-8-17(9-2)18(14-13(3,4)5)15(6)11-10-12-16(18)7;1-6-4-7(5-9)2-3-8(6)10/h7-10,13-14H,11-12,15-16H2,1-6H3;6-7,10,18H,8-9,11H2,1-5H3;8-12H2,1-7H3;2-4H,5H2,1H3. The van der Waals surface area contributed by atoms with Crippen molar-refractivity contribution in [3.05, 3.63) is 115 Å². The van der Waals surface area contributed by atoms with Crippen LogP contribution >= 0.6 is 55.3 Å². The smallest absolute Gasteiger partial charge is 0.321 e. The van der Waals surface area contributed by atoms with Crippen LogP contribution in [0.5, 0.6) is 11.5 Å². The predicted molar refractivity (Wildman–Crippen MR) is 356 cm³/mol. The van der Waals surface area contributed by atoms with Gasteiger partial charge in [0.25, 0.3) is 0 Å². The Labute approximate surface area is 535 Å². The third-order valence-electron chi connectivity index (χ3n) is 13.7. The second-order valence-electron chi connectivity index (χ2n) is 25.9. The second-order valence-corrected chi connectivity index (χ2v) is 35.1. The van der Waals surface area contributed by atoms with Crippen molar-refractivity contribution < 1.29 is 45.4 Å². The maximum absolute atomic E-state index is 13.7. The summed E-state index contributed by atoms with van der Waals surface area (Å²) in [6, 6.07) is 21.6. The summed E-state index contributed by atoms with van der Waals surface area (Å²) in [4.78, 5) is 24.5. The van der Waals surface area contributed by atoms with Gasteiger partial charge in [-0.3, -0.25) is 14.3 Å². The molecule has 4 aromatic carbocycles. The number of halogens is 3. The maximum Gasteiger partial charge on any atom is 0.321 e. The van der Waals surface area contributed by atoms with Gasteiger partial charge >= 0.3 is 11.9 Å². The van der Waals surface area contributed by atoms with Crippen molar-refractivity contribution in [2.45, 2.75) is 199 Å². The molecule has 476 valence electrons. The molecule has 3 heterocycles. The first kappa shape index (κ1) is 74.3. The van der Waals surface area contributed by atoms with Gasteiger partial charge in [0, 0.05) is 47.0 Å². The SMILES string of the molecule is CC(C)(C)OC(=O)CNS(=O)(=O)c1ccc2c(c1)CCC(C)(C)O2.CCN(CC)P1(=NC(C)(C)C)N(C)CCCN1C.Cc1cc(CBr)ccc1Br.Cc1cc(CN(CC(=O)OC(C)(C)C)S(=O)(=O)c2ccc3c(c2)CCC(C)(C)O3)ccc1Br. The number of hydrogen-bond donors (Lipinski definition) is 1. The molecule has 3 aliphatic heterocycles. The van der Waals surface area contributed by atoms with Crippen LogP contribution in [0, 0.1) is 13.8 Å². The summed E-state index contributed by atoms with van der Waals surface area (Å²) in [5.41, 5.74) is 4.20. The quantitative estimate of drug-likeness (QED) is 0.0717. The first-order chi connectivity index (χ1) is 39.1. The minimum atomic E-state index is -3.97. The first-order valence-electron chi connectivity index (χ1n) is 29.0. The van der Waals surface area contributed by atoms with E-state index in [1.165, 1.54) is 32.4 Å². The molecule has 0 aliphatic carbocycles. The van der Waals surface area contributed by atoms with Crippen LogP contribution in [0.15, 0.2) is 96.3 Å². The van der Waals surface area contributed by atoms with Crippen molar-refractivity contribution >= 4 is 87.3 Å². The van der Waals surface area contributed by atoms with E-state index in [0.717, 1.165) is 83.9 Å². The van der Waals surface area contributed by atoms with Crippen LogP contribution in [0.4, 0.5) is 0 Å². The summed E-state index contributed by atoms with van der Waals surface area (Å²) in [5, 5.41) is 0.932. The molecule has 7 rings (SSSR count). The van der Waals surface area contributed by atoms with Gasteiger partial charge in [0.1, 0.15) is 47.0 Å². The van der Waals surface area contributed by atoms with Crippen LogP contribution in [-0.2, 0) is 63.8 Å². The van der Waals surface area contributed by atoms with Crippen LogP contribution in [0.2, 0.25) is 0 Å². The molecule has 0 atom stereocenters. The topological polar surface area (TPSA) is 177 Å². The van der Waals surface area contributed by atoms with Crippen LogP contribution in [0.25, 0.3) is 0 Å². The molecular weight excluding hydrogens is 1340 g/mol. The van der Waals surface area contributed by atoms with Gasteiger partial charge in [0.05, 0.1) is 15.3 Å². The number of nitrogens with zero attached hydrogens (tertiary/aromatic N) is 5. The molecule has 1 saturated heterocycles. The lowest BCUT2D eigenvalue weighted by Gasteiger charge is -2.50. The average Bonchev–Trinajstić information content (AvgIpc) is 1.24. The summed E-state index contributed by atoms with van der Waals surface area (Å²) in [6.45, 7) is 37.4. The van der Waals surface area contributed by atoms with E-state index in [9.17, 15) is 26.4 Å². The van der Waals surface area contributed by atoms with Crippen molar-refractivity contribution in [2.75, 3.05) is 53.4 Å². The van der Waals surface area contributed by atoms with E-state index in [1.807, 2.05) is 52.8 Å². The highest BCUT2D eigenvalue weighted by molar-refractivity contribution is 9.10. The Morgan fingerprint density at radius 1 is 0.682 bits per heavy atom. The number of fused-ring (bicyclic) bond motifs is 2. The summed E-state index contributed by atoms with van der Waals surface area (Å²) in [5.74, 6) is 0.196. The number of hydrogen-bond acceptors (Lipinski definition) is 11. The van der Waals surface area contributed by atoms with Gasteiger partial charge in [-0.05, 0) is 232 Å². The van der Waals surface area contributed by atoms with Crippen molar-refractivity contribution in [3.63, 3.8) is 0 Å². The minimum Gasteiger partial charge on any atom is -0.488 e. The third-order valence-corrected chi connectivity index (χ3v) is 23.7. The average molecular weight is 1430 g/mol. The summed E-state index contributed by atoms with van der Waals surface area (Å²) >= 11 is 10.3. The molecule has 0 radical (unpaired) electrons. The Morgan fingerprint density at radius 3 is 1.58 bits per heavy atom. The Kier molecular flexibility index (Phi) is 26.7. The van der Waals surface area contributed by atoms with E-state index in [2.05, 4.69) is 140 Å². The number of carbonyl (C=O) groups is 2. The Morgan fingerprint density at radius 2 is 1.13 bits per heavy atom. The van der Waals surface area contributed by atoms with E-state index in [-0.39, 0.29) is 39.6 Å². The number of nitrogens with one attached hydrogen (secondary N) is 1. The molecule has 85 heavy (non-hydrogen) atoms. The van der Waals surface area contributed by atoms with Crippen LogP contribution in [0.3, 0.4) is 0 Å². The number of aryl methyl sites for hydroxylation is 4. The van der Waals surface area contributed by atoms with E-state index < -0.39 is 57.2 Å². The largest absolute Gasteiger partial charge is 0.488 e. The summed E-state index contributed by atoms with van der Waals surface area (Å²) < 4.78 is 92.9. The predicted octanol–water partition coefficient (Wildman–Crippen LogP) is 14.8. The van der Waals surface area contributed by atoms with E-state index in [0.29, 0.717) is 11.5 Å². The summed E-state index contributed by atoms with van der Waals surface area (Å²) in [6.07, 6.45) is 4.33. The van der Waals surface area contributed by atoms with Gasteiger partial charge in [0.2, 0.25) is 20.0 Å². The molecule has 1 N–H and O–H groups in total. The highest BCUT2D eigenvalue weighted by Crippen LogP contribution is 2.61. The number of carbonyl (C=O) groups excluding carboxylic acids is 2. The van der Waals surface area contributed by atoms with Gasteiger partial charge in [-0.2, -0.15) is 9.03 Å². The molecule has 0 aromatic heterocycles. The van der Waals surface area contributed by atoms with Crippen LogP contribution in [-0.4, -0.2) is 128 Å². The first-order valence-corrected chi connectivity index (χ1v) is 36.2. The highest BCUT2D eigenvalue weighted by Gasteiger charge is 2.39. The zero-order chi connectivity index (χ0) is 64.3. The number of esters is 2. The second kappa shape index (κ2) is 30.5. The van der Waals surface area contributed by atoms with E-state index in [1.54, 1.807) is 71.9 Å². The van der Waals surface area contributed by atoms with E-state index in [4.69, 9.17) is 23.7 Å². The van der Waals surface area contributed by atoms with Gasteiger partial charge in [-0.25, -0.2) is 30.8 Å². The van der Waals surface area contributed by atoms with Crippen molar-refractivity contribution in [2.24, 2.45) is 4.74 Å². The molecular formula is C63H96Br3N6O10PS2.